The molecule has 3 aromatic heterocycles. The van der Waals surface area contributed by atoms with E-state index in [9.17, 15) is 13.6 Å². The summed E-state index contributed by atoms with van der Waals surface area (Å²) >= 11 is 0. The summed E-state index contributed by atoms with van der Waals surface area (Å²) < 4.78 is 41.9. The second-order valence-corrected chi connectivity index (χ2v) is 10.6. The summed E-state index contributed by atoms with van der Waals surface area (Å²) in [5, 5.41) is 3.15. The Hall–Kier alpha value is -4.67. The molecule has 4 aromatic rings. The molecule has 1 aromatic carbocycles. The average Bonchev–Trinajstić information content (AvgIpc) is 3.02. The van der Waals surface area contributed by atoms with E-state index in [1.54, 1.807) is 19.5 Å². The minimum atomic E-state index is -1.10. The van der Waals surface area contributed by atoms with Crippen LogP contribution in [0.3, 0.4) is 0 Å². The maximum atomic E-state index is 14.6. The highest BCUT2D eigenvalue weighted by Gasteiger charge is 2.28. The lowest BCUT2D eigenvalue weighted by Gasteiger charge is -2.36. The van der Waals surface area contributed by atoms with Crippen molar-refractivity contribution in [2.24, 2.45) is 0 Å². The number of nitrogens with one attached hydrogen (secondary N) is 1. The van der Waals surface area contributed by atoms with Crippen LogP contribution in [0.5, 0.6) is 11.6 Å². The Morgan fingerprint density at radius 2 is 2.05 bits per heavy atom. The highest BCUT2D eigenvalue weighted by Crippen LogP contribution is 2.35. The maximum absolute atomic E-state index is 14.6. The molecule has 6 rings (SSSR count). The van der Waals surface area contributed by atoms with E-state index in [1.807, 2.05) is 49.0 Å². The van der Waals surface area contributed by atoms with Crippen LogP contribution in [-0.2, 0) is 13.1 Å². The lowest BCUT2D eigenvalue weighted by Crippen LogP contribution is -2.37. The van der Waals surface area contributed by atoms with E-state index in [-0.39, 0.29) is 41.3 Å². The molecule has 0 radical (unpaired) electrons. The zero-order valence-electron chi connectivity index (χ0n) is 23.7. The van der Waals surface area contributed by atoms with Crippen molar-refractivity contribution < 1.29 is 18.3 Å². The third kappa shape index (κ3) is 5.10. The number of nitrogens with zero attached hydrogens (tertiary/aromatic N) is 5. The molecule has 218 valence electrons. The molecule has 5 heterocycles. The van der Waals surface area contributed by atoms with Crippen LogP contribution >= 0.6 is 0 Å². The van der Waals surface area contributed by atoms with Crippen LogP contribution in [0.2, 0.25) is 0 Å². The third-order valence-electron chi connectivity index (χ3n) is 7.83. The van der Waals surface area contributed by atoms with Crippen LogP contribution in [-0.4, -0.2) is 53.3 Å². The number of hydrogen-bond donors (Lipinski definition) is 1. The third-order valence-corrected chi connectivity index (χ3v) is 7.83. The Kier molecular flexibility index (Phi) is 7.40. The molecule has 0 aliphatic carbocycles. The van der Waals surface area contributed by atoms with Crippen LogP contribution in [0.15, 0.2) is 65.5 Å². The molecular formula is C31H32F2N6O3. The molecule has 2 aliphatic rings. The van der Waals surface area contributed by atoms with Gasteiger partial charge in [0.15, 0.2) is 17.0 Å². The molecule has 0 spiro atoms. The van der Waals surface area contributed by atoms with Gasteiger partial charge in [-0.1, -0.05) is 6.08 Å². The number of pyridine rings is 3. The second kappa shape index (κ2) is 11.3. The zero-order chi connectivity index (χ0) is 29.4. The highest BCUT2D eigenvalue weighted by molar-refractivity contribution is 5.86. The number of anilines is 2. The topological polar surface area (TPSA) is 84.8 Å². The van der Waals surface area contributed by atoms with Gasteiger partial charge in [-0.05, 0) is 43.2 Å². The van der Waals surface area contributed by atoms with Crippen molar-refractivity contribution in [1.29, 1.82) is 0 Å². The van der Waals surface area contributed by atoms with Crippen molar-refractivity contribution in [2.75, 3.05) is 44.1 Å². The van der Waals surface area contributed by atoms with Crippen molar-refractivity contribution in [3.63, 3.8) is 0 Å². The Morgan fingerprint density at radius 1 is 1.19 bits per heavy atom. The number of ether oxygens (including phenoxy) is 2. The summed E-state index contributed by atoms with van der Waals surface area (Å²) in [6.07, 6.45) is 8.31. The normalized spacial score (nSPS) is 16.2. The number of methoxy groups -OCH3 is 1. The van der Waals surface area contributed by atoms with Gasteiger partial charge in [0.05, 0.1) is 42.5 Å². The number of benzene rings is 1. The van der Waals surface area contributed by atoms with Crippen molar-refractivity contribution in [2.45, 2.75) is 32.5 Å². The van der Waals surface area contributed by atoms with E-state index < -0.39 is 11.6 Å². The van der Waals surface area contributed by atoms with Gasteiger partial charge in [0, 0.05) is 56.4 Å². The first-order valence-corrected chi connectivity index (χ1v) is 13.9. The van der Waals surface area contributed by atoms with E-state index in [4.69, 9.17) is 9.47 Å². The first kappa shape index (κ1) is 27.5. The van der Waals surface area contributed by atoms with Crippen molar-refractivity contribution in [3.05, 3.63) is 93.7 Å². The first-order chi connectivity index (χ1) is 20.4. The predicted molar refractivity (Wildman–Crippen MR) is 157 cm³/mol. The van der Waals surface area contributed by atoms with Crippen molar-refractivity contribution >= 4 is 22.4 Å². The van der Waals surface area contributed by atoms with Gasteiger partial charge in [-0.2, -0.15) is 4.39 Å². The van der Waals surface area contributed by atoms with E-state index in [0.717, 1.165) is 41.8 Å². The Morgan fingerprint density at radius 3 is 2.81 bits per heavy atom. The van der Waals surface area contributed by atoms with Crippen molar-refractivity contribution in [3.8, 4) is 11.6 Å². The number of halogens is 2. The SMILES string of the molecule is CNc1ccc(N2CCC=C(N(Cc3ccnc(OC)c3)Cc3cn4c5c(c(F)c(F)cc5c3=O)OCC4C)C2)cn1. The van der Waals surface area contributed by atoms with Gasteiger partial charge in [0.2, 0.25) is 11.7 Å². The van der Waals surface area contributed by atoms with Gasteiger partial charge in [0.1, 0.15) is 12.4 Å². The minimum Gasteiger partial charge on any atom is -0.486 e. The molecule has 0 bridgehead atoms. The van der Waals surface area contributed by atoms with E-state index in [0.29, 0.717) is 24.5 Å². The predicted octanol–water partition coefficient (Wildman–Crippen LogP) is 4.87. The summed E-state index contributed by atoms with van der Waals surface area (Å²) in [7, 11) is 3.40. The Bertz CT molecular complexity index is 1720. The van der Waals surface area contributed by atoms with Crippen LogP contribution < -0.4 is 25.1 Å². The molecule has 0 saturated heterocycles. The lowest BCUT2D eigenvalue weighted by molar-refractivity contribution is 0.232. The molecule has 9 nitrogen and oxygen atoms in total. The molecule has 1 atom stereocenters. The van der Waals surface area contributed by atoms with Gasteiger partial charge in [-0.25, -0.2) is 14.4 Å². The molecule has 2 aliphatic heterocycles. The second-order valence-electron chi connectivity index (χ2n) is 10.6. The lowest BCUT2D eigenvalue weighted by atomic mass is 10.1. The van der Waals surface area contributed by atoms with Crippen LogP contribution in [0.4, 0.5) is 20.3 Å². The monoisotopic (exact) mass is 574 g/mol. The molecule has 0 fully saturated rings. The summed E-state index contributed by atoms with van der Waals surface area (Å²) in [4.78, 5) is 26.9. The molecular weight excluding hydrogens is 542 g/mol. The first-order valence-electron chi connectivity index (χ1n) is 13.9. The zero-order valence-corrected chi connectivity index (χ0v) is 23.7. The van der Waals surface area contributed by atoms with Gasteiger partial charge in [0.25, 0.3) is 0 Å². The van der Waals surface area contributed by atoms with Crippen molar-refractivity contribution in [1.82, 2.24) is 19.4 Å². The largest absolute Gasteiger partial charge is 0.486 e. The number of hydrogen-bond acceptors (Lipinski definition) is 8. The number of rotatable bonds is 8. The van der Waals surface area contributed by atoms with Gasteiger partial charge in [-0.3, -0.25) is 4.79 Å². The smallest absolute Gasteiger partial charge is 0.213 e. The van der Waals surface area contributed by atoms with Gasteiger partial charge in [-0.15, -0.1) is 0 Å². The summed E-state index contributed by atoms with van der Waals surface area (Å²) in [6.45, 7) is 4.28. The van der Waals surface area contributed by atoms with Crippen LogP contribution in [0.1, 0.15) is 30.5 Å². The molecule has 42 heavy (non-hydrogen) atoms. The molecule has 0 amide bonds. The van der Waals surface area contributed by atoms with E-state index >= 15 is 0 Å². The summed E-state index contributed by atoms with van der Waals surface area (Å²) in [5.41, 5.74) is 3.41. The molecule has 11 heteroatoms. The molecule has 1 N–H and O–H groups in total. The Balaban J connectivity index is 1.40. The van der Waals surface area contributed by atoms with Gasteiger partial charge >= 0.3 is 0 Å². The number of aromatic nitrogens is 3. The fourth-order valence-electron chi connectivity index (χ4n) is 5.60. The quantitative estimate of drug-likeness (QED) is 0.319. The fraction of sp³-hybridized carbons (Fsp3) is 0.323. The summed E-state index contributed by atoms with van der Waals surface area (Å²) in [6, 6.07) is 8.58. The fourth-order valence-corrected chi connectivity index (χ4v) is 5.60. The maximum Gasteiger partial charge on any atom is 0.213 e. The average molecular weight is 575 g/mol. The minimum absolute atomic E-state index is 0.105. The van der Waals surface area contributed by atoms with Gasteiger partial charge < -0.3 is 29.2 Å². The summed E-state index contributed by atoms with van der Waals surface area (Å²) in [5.74, 6) is -1.10. The highest BCUT2D eigenvalue weighted by atomic mass is 19.2. The van der Waals surface area contributed by atoms with Crippen LogP contribution in [0.25, 0.3) is 10.9 Å². The molecule has 1 unspecified atom stereocenters. The Labute approximate surface area is 242 Å². The van der Waals surface area contributed by atoms with E-state index in [2.05, 4.69) is 31.2 Å². The molecule has 0 saturated carbocycles. The standard InChI is InChI=1S/C31H32F2N6O3/c1-19-18-42-31-28(33)25(32)12-24-29(31)39(19)16-21(30(24)40)15-38(14-20-8-9-35-27(11-20)41-3)23-5-4-10-37(17-23)22-6-7-26(34-2)36-13-22/h5-9,11-13,16,19H,4,10,14-15,17-18H2,1-3H3,(H,34,36). The van der Waals surface area contributed by atoms with E-state index in [1.165, 1.54) is 0 Å². The van der Waals surface area contributed by atoms with Crippen LogP contribution in [0, 0.1) is 11.6 Å².